The molecule has 6 rings (SSSR count). The number of nitrogens with one attached hydrogen (secondary N) is 1. The van der Waals surface area contributed by atoms with E-state index in [2.05, 4.69) is 33.1 Å². The Morgan fingerprint density at radius 2 is 1.92 bits per heavy atom. The molecular weight excluding hydrogens is 512 g/mol. The van der Waals surface area contributed by atoms with Gasteiger partial charge in [-0.25, -0.2) is 4.98 Å². The number of para-hydroxylation sites is 1. The van der Waals surface area contributed by atoms with Gasteiger partial charge in [0.2, 0.25) is 11.8 Å². The van der Waals surface area contributed by atoms with Crippen molar-refractivity contribution in [3.63, 3.8) is 0 Å². The Hall–Kier alpha value is -3.06. The lowest BCUT2D eigenvalue weighted by Gasteiger charge is -2.44. The summed E-state index contributed by atoms with van der Waals surface area (Å²) in [5.41, 5.74) is 2.63. The van der Waals surface area contributed by atoms with Gasteiger partial charge in [0.1, 0.15) is 18.2 Å². The van der Waals surface area contributed by atoms with Crippen molar-refractivity contribution >= 4 is 34.4 Å². The number of imidazole rings is 1. The molecule has 1 aromatic heterocycles. The molecule has 1 atom stereocenters. The quantitative estimate of drug-likeness (QED) is 0.465. The van der Waals surface area contributed by atoms with Gasteiger partial charge >= 0.3 is 0 Å². The molecule has 3 aliphatic rings. The van der Waals surface area contributed by atoms with Gasteiger partial charge in [-0.15, -0.1) is 0 Å². The fourth-order valence-corrected chi connectivity index (χ4v) is 6.86. The van der Waals surface area contributed by atoms with Crippen molar-refractivity contribution < 1.29 is 14.3 Å². The standard InChI is InChI=1S/C31H37ClN4O3/c32-23-10-11-25-26(20-23)34-28(33-25)12-13-29(37)35-18-15-31(16-19-35)14-4-3-7-22-6-1-2-9-27(22)39-21-24-8-5-17-36(24)30(31)38/h1-2,6,9-11,20,24H,3-5,7-8,12-19,21H2,(H,33,34)/t24-/m0/s1. The maximum absolute atomic E-state index is 14.1. The molecule has 0 unspecified atom stereocenters. The van der Waals surface area contributed by atoms with Crippen LogP contribution in [0.2, 0.25) is 5.02 Å². The molecule has 39 heavy (non-hydrogen) atoms. The number of aromatic nitrogens is 2. The number of benzene rings is 2. The second-order valence-electron chi connectivity index (χ2n) is 11.4. The van der Waals surface area contributed by atoms with Crippen LogP contribution in [0.1, 0.15) is 62.8 Å². The van der Waals surface area contributed by atoms with Crippen LogP contribution in [0.15, 0.2) is 42.5 Å². The number of hydrogen-bond acceptors (Lipinski definition) is 4. The minimum absolute atomic E-state index is 0.125. The van der Waals surface area contributed by atoms with Gasteiger partial charge in [-0.2, -0.15) is 0 Å². The highest BCUT2D eigenvalue weighted by Crippen LogP contribution is 2.41. The molecule has 4 heterocycles. The molecule has 8 heteroatoms. The van der Waals surface area contributed by atoms with Crippen LogP contribution in [0.3, 0.4) is 0 Å². The Morgan fingerprint density at radius 3 is 2.79 bits per heavy atom. The van der Waals surface area contributed by atoms with Crippen molar-refractivity contribution in [1.82, 2.24) is 19.8 Å². The predicted molar refractivity (Wildman–Crippen MR) is 152 cm³/mol. The molecule has 0 aliphatic carbocycles. The summed E-state index contributed by atoms with van der Waals surface area (Å²) in [6, 6.07) is 14.0. The molecule has 1 spiro atoms. The summed E-state index contributed by atoms with van der Waals surface area (Å²) >= 11 is 6.09. The fourth-order valence-electron chi connectivity index (χ4n) is 6.69. The molecule has 3 aromatic rings. The van der Waals surface area contributed by atoms with Crippen molar-refractivity contribution in [2.45, 2.75) is 70.3 Å². The van der Waals surface area contributed by atoms with E-state index in [1.54, 1.807) is 0 Å². The summed E-state index contributed by atoms with van der Waals surface area (Å²) in [5.74, 6) is 2.18. The molecule has 7 nitrogen and oxygen atoms in total. The summed E-state index contributed by atoms with van der Waals surface area (Å²) in [5, 5.41) is 0.662. The Bertz CT molecular complexity index is 1350. The Kier molecular flexibility index (Phi) is 7.52. The van der Waals surface area contributed by atoms with Crippen LogP contribution in [0.25, 0.3) is 11.0 Å². The zero-order chi connectivity index (χ0) is 26.8. The predicted octanol–water partition coefficient (Wildman–Crippen LogP) is 5.55. The van der Waals surface area contributed by atoms with E-state index < -0.39 is 0 Å². The summed E-state index contributed by atoms with van der Waals surface area (Å²) in [6.07, 6.45) is 8.34. The van der Waals surface area contributed by atoms with Gasteiger partial charge < -0.3 is 19.5 Å². The first kappa shape index (κ1) is 26.2. The van der Waals surface area contributed by atoms with Crippen molar-refractivity contribution in [1.29, 1.82) is 0 Å². The molecule has 2 amide bonds. The summed E-state index contributed by atoms with van der Waals surface area (Å²) in [6.45, 7) is 2.63. The monoisotopic (exact) mass is 548 g/mol. The highest BCUT2D eigenvalue weighted by atomic mass is 35.5. The largest absolute Gasteiger partial charge is 0.491 e. The van der Waals surface area contributed by atoms with Crippen LogP contribution in [0, 0.1) is 5.41 Å². The number of hydrogen-bond donors (Lipinski definition) is 1. The van der Waals surface area contributed by atoms with Crippen molar-refractivity contribution in [2.24, 2.45) is 5.41 Å². The first-order chi connectivity index (χ1) is 19.0. The third-order valence-corrected chi connectivity index (χ3v) is 9.22. The van der Waals surface area contributed by atoms with E-state index in [1.807, 2.05) is 29.2 Å². The average molecular weight is 549 g/mol. The second-order valence-corrected chi connectivity index (χ2v) is 11.9. The lowest BCUT2D eigenvalue weighted by molar-refractivity contribution is -0.150. The Balaban J connectivity index is 1.11. The number of fused-ring (bicyclic) bond motifs is 3. The summed E-state index contributed by atoms with van der Waals surface area (Å²) in [7, 11) is 0. The normalized spacial score (nSPS) is 21.7. The molecule has 2 aromatic carbocycles. The first-order valence-corrected chi connectivity index (χ1v) is 14.8. The van der Waals surface area contributed by atoms with E-state index in [-0.39, 0.29) is 23.3 Å². The minimum Gasteiger partial charge on any atom is -0.491 e. The molecule has 1 N–H and O–H groups in total. The number of carbonyl (C=O) groups is 2. The second kappa shape index (κ2) is 11.2. The van der Waals surface area contributed by atoms with Crippen LogP contribution in [-0.4, -0.2) is 63.9 Å². The maximum atomic E-state index is 14.1. The van der Waals surface area contributed by atoms with Gasteiger partial charge in [0, 0.05) is 37.5 Å². The number of aryl methyl sites for hydroxylation is 2. The van der Waals surface area contributed by atoms with Gasteiger partial charge in [0.15, 0.2) is 0 Å². The molecule has 2 saturated heterocycles. The SMILES string of the molecule is O=C(CCc1nc2ccc(Cl)cc2[nH]1)N1CCC2(CCCCc3ccccc3OC[C@@H]3CCCN3C2=O)CC1. The third kappa shape index (κ3) is 5.51. The fraction of sp³-hybridized carbons (Fsp3) is 0.516. The summed E-state index contributed by atoms with van der Waals surface area (Å²) in [4.78, 5) is 39.2. The van der Waals surface area contributed by atoms with Crippen molar-refractivity contribution in [2.75, 3.05) is 26.2 Å². The van der Waals surface area contributed by atoms with Gasteiger partial charge in [-0.05, 0) is 74.8 Å². The molecule has 0 bridgehead atoms. The maximum Gasteiger partial charge on any atom is 0.229 e. The lowest BCUT2D eigenvalue weighted by Crippen LogP contribution is -2.53. The Morgan fingerprint density at radius 1 is 1.08 bits per heavy atom. The number of halogens is 1. The van der Waals surface area contributed by atoms with Crippen molar-refractivity contribution in [3.05, 3.63) is 58.9 Å². The average Bonchev–Trinajstić information content (AvgIpc) is 3.59. The zero-order valence-electron chi connectivity index (χ0n) is 22.5. The number of aromatic amines is 1. The number of ether oxygens (including phenoxy) is 1. The highest BCUT2D eigenvalue weighted by Gasteiger charge is 2.46. The molecule has 0 radical (unpaired) electrons. The van der Waals surface area contributed by atoms with Crippen LogP contribution in [0.4, 0.5) is 0 Å². The van der Waals surface area contributed by atoms with E-state index in [1.165, 1.54) is 5.56 Å². The van der Waals surface area contributed by atoms with Gasteiger partial charge in [-0.1, -0.05) is 36.2 Å². The number of H-pyrrole nitrogens is 1. The third-order valence-electron chi connectivity index (χ3n) is 8.99. The zero-order valence-corrected chi connectivity index (χ0v) is 23.2. The molecule has 2 fully saturated rings. The smallest absolute Gasteiger partial charge is 0.229 e. The topological polar surface area (TPSA) is 78.5 Å². The number of rotatable bonds is 3. The van der Waals surface area contributed by atoms with E-state index in [0.29, 0.717) is 37.6 Å². The molecule has 0 saturated carbocycles. The van der Waals surface area contributed by atoms with E-state index in [0.717, 1.165) is 80.5 Å². The number of amides is 2. The number of piperidine rings is 1. The number of nitrogens with zero attached hydrogens (tertiary/aromatic N) is 3. The lowest BCUT2D eigenvalue weighted by atomic mass is 9.72. The van der Waals surface area contributed by atoms with Gasteiger partial charge in [-0.3, -0.25) is 9.59 Å². The van der Waals surface area contributed by atoms with E-state index in [9.17, 15) is 9.59 Å². The number of carbonyl (C=O) groups excluding carboxylic acids is 2. The Labute approximate surface area is 234 Å². The minimum atomic E-state index is -0.379. The molecule has 206 valence electrons. The molecular formula is C31H37ClN4O3. The first-order valence-electron chi connectivity index (χ1n) is 14.4. The van der Waals surface area contributed by atoms with E-state index in [4.69, 9.17) is 16.3 Å². The van der Waals surface area contributed by atoms with Crippen LogP contribution in [0.5, 0.6) is 5.75 Å². The van der Waals surface area contributed by atoms with Crippen LogP contribution in [-0.2, 0) is 22.4 Å². The van der Waals surface area contributed by atoms with Crippen molar-refractivity contribution in [3.8, 4) is 5.75 Å². The van der Waals surface area contributed by atoms with E-state index >= 15 is 0 Å². The molecule has 3 aliphatic heterocycles. The highest BCUT2D eigenvalue weighted by molar-refractivity contribution is 6.31. The van der Waals surface area contributed by atoms with Crippen LogP contribution >= 0.6 is 11.6 Å². The van der Waals surface area contributed by atoms with Gasteiger partial charge in [0.25, 0.3) is 0 Å². The summed E-state index contributed by atoms with van der Waals surface area (Å²) < 4.78 is 6.27. The van der Waals surface area contributed by atoms with Crippen LogP contribution < -0.4 is 4.74 Å². The number of likely N-dealkylation sites (tertiary alicyclic amines) is 1. The van der Waals surface area contributed by atoms with Gasteiger partial charge in [0.05, 0.1) is 22.5 Å².